The molecule has 0 aliphatic carbocycles. The zero-order valence-electron chi connectivity index (χ0n) is 24.9. The highest BCUT2D eigenvalue weighted by Crippen LogP contribution is 2.12. The van der Waals surface area contributed by atoms with Crippen molar-refractivity contribution < 1.29 is 38.7 Å². The molecule has 1 fully saturated rings. The van der Waals surface area contributed by atoms with E-state index >= 15 is 0 Å². The van der Waals surface area contributed by atoms with E-state index in [0.29, 0.717) is 116 Å². The van der Waals surface area contributed by atoms with E-state index in [1.165, 1.54) is 6.07 Å². The molecule has 0 saturated carbocycles. The second kappa shape index (κ2) is 20.7. The van der Waals surface area contributed by atoms with Gasteiger partial charge in [-0.15, -0.1) is 0 Å². The number of aryl methyl sites for hydroxylation is 1. The number of hydrogen-bond acceptors (Lipinski definition) is 12. The summed E-state index contributed by atoms with van der Waals surface area (Å²) in [5, 5.41) is 21.2. The Labute approximate surface area is 262 Å². The molecule has 0 bridgehead atoms. The molecule has 0 aromatic carbocycles. The predicted molar refractivity (Wildman–Crippen MR) is 164 cm³/mol. The molecule has 1 aliphatic rings. The Hall–Kier alpha value is -3.20. The molecule has 2 N–H and O–H groups in total. The van der Waals surface area contributed by atoms with Gasteiger partial charge in [-0.1, -0.05) is 6.07 Å². The van der Waals surface area contributed by atoms with Crippen LogP contribution in [-0.2, 0) is 38.5 Å². The topological polar surface area (TPSA) is 156 Å². The van der Waals surface area contributed by atoms with Crippen LogP contribution in [0.15, 0.2) is 35.3 Å². The highest BCUT2D eigenvalue weighted by Gasteiger charge is 2.14. The van der Waals surface area contributed by atoms with Crippen LogP contribution in [0.2, 0.25) is 0 Å². The molecule has 13 nitrogen and oxygen atoms in total. The van der Waals surface area contributed by atoms with Gasteiger partial charge in [-0.2, -0.15) is 0 Å². The van der Waals surface area contributed by atoms with Crippen molar-refractivity contribution in [2.24, 2.45) is 4.99 Å². The molecule has 0 radical (unpaired) electrons. The summed E-state index contributed by atoms with van der Waals surface area (Å²) in [4.78, 5) is 39.8. The lowest BCUT2D eigenvalue weighted by atomic mass is 10.1. The van der Waals surface area contributed by atoms with E-state index in [9.17, 15) is 19.8 Å². The fraction of sp³-hybridized carbons (Fsp3) is 0.567. The number of pyridine rings is 2. The van der Waals surface area contributed by atoms with Crippen molar-refractivity contribution in [1.29, 1.82) is 0 Å². The van der Waals surface area contributed by atoms with E-state index in [-0.39, 0.29) is 11.4 Å². The van der Waals surface area contributed by atoms with Crippen molar-refractivity contribution >= 4 is 29.3 Å². The van der Waals surface area contributed by atoms with Gasteiger partial charge in [0.25, 0.3) is 0 Å². The fourth-order valence-electron chi connectivity index (χ4n) is 4.50. The van der Waals surface area contributed by atoms with Gasteiger partial charge in [-0.3, -0.25) is 9.80 Å². The average Bonchev–Trinajstić information content (AvgIpc) is 3.01. The quantitative estimate of drug-likeness (QED) is 0.224. The highest BCUT2D eigenvalue weighted by molar-refractivity contribution is 7.78. The molecule has 1 aliphatic heterocycles. The number of ether oxygens (including phenoxy) is 4. The number of aliphatic imine (C=N–C) groups is 1. The Morgan fingerprint density at radius 3 is 1.82 bits per heavy atom. The number of carbonyl (C=O) groups is 2. The van der Waals surface area contributed by atoms with Gasteiger partial charge >= 0.3 is 11.9 Å². The van der Waals surface area contributed by atoms with Gasteiger partial charge in [0.05, 0.1) is 69.4 Å². The summed E-state index contributed by atoms with van der Waals surface area (Å²) >= 11 is 4.61. The normalized spacial score (nSPS) is 17.2. The summed E-state index contributed by atoms with van der Waals surface area (Å²) in [6.45, 7) is 7.51. The first-order chi connectivity index (χ1) is 21.4. The van der Waals surface area contributed by atoms with Crippen LogP contribution >= 0.6 is 12.2 Å². The van der Waals surface area contributed by atoms with Crippen LogP contribution < -0.4 is 0 Å². The van der Waals surface area contributed by atoms with Gasteiger partial charge in [0.1, 0.15) is 11.4 Å². The second-order valence-electron chi connectivity index (χ2n) is 10.1. The van der Waals surface area contributed by atoms with Crippen molar-refractivity contribution in [2.75, 3.05) is 85.6 Å². The Morgan fingerprint density at radius 1 is 0.773 bits per heavy atom. The van der Waals surface area contributed by atoms with E-state index in [4.69, 9.17) is 18.9 Å². The lowest BCUT2D eigenvalue weighted by molar-refractivity contribution is 0.00597. The molecule has 2 aromatic heterocycles. The zero-order valence-corrected chi connectivity index (χ0v) is 25.7. The van der Waals surface area contributed by atoms with Gasteiger partial charge in [0.15, 0.2) is 0 Å². The summed E-state index contributed by atoms with van der Waals surface area (Å²) in [5.74, 6) is -2.12. The third-order valence-corrected chi connectivity index (χ3v) is 6.83. The van der Waals surface area contributed by atoms with Crippen LogP contribution in [0.1, 0.15) is 44.3 Å². The summed E-state index contributed by atoms with van der Waals surface area (Å²) in [6.07, 6.45) is 1.40. The Morgan fingerprint density at radius 2 is 1.30 bits per heavy atom. The Kier molecular flexibility index (Phi) is 16.6. The molecule has 44 heavy (non-hydrogen) atoms. The second-order valence-corrected chi connectivity index (χ2v) is 10.2. The number of hydrogen-bond donors (Lipinski definition) is 2. The summed E-state index contributed by atoms with van der Waals surface area (Å²) in [6, 6.07) is 8.51. The minimum absolute atomic E-state index is 0.0163. The first-order valence-corrected chi connectivity index (χ1v) is 15.1. The van der Waals surface area contributed by atoms with E-state index in [0.717, 1.165) is 12.0 Å². The van der Waals surface area contributed by atoms with E-state index in [1.807, 2.05) is 12.1 Å². The number of carboxylic acids is 2. The van der Waals surface area contributed by atoms with Crippen molar-refractivity contribution in [3.63, 3.8) is 0 Å². The first-order valence-electron chi connectivity index (χ1n) is 14.7. The molecule has 240 valence electrons. The predicted octanol–water partition coefficient (Wildman–Crippen LogP) is 2.29. The molecule has 14 heteroatoms. The molecule has 0 unspecified atom stereocenters. The van der Waals surface area contributed by atoms with Crippen LogP contribution in [0.3, 0.4) is 0 Å². The maximum Gasteiger partial charge on any atom is 0.354 e. The van der Waals surface area contributed by atoms with E-state index < -0.39 is 11.9 Å². The van der Waals surface area contributed by atoms with Crippen molar-refractivity contribution in [3.05, 3.63) is 58.7 Å². The summed E-state index contributed by atoms with van der Waals surface area (Å²) < 4.78 is 23.2. The lowest BCUT2D eigenvalue weighted by Gasteiger charge is -2.23. The fourth-order valence-corrected chi connectivity index (χ4v) is 4.59. The van der Waals surface area contributed by atoms with Crippen molar-refractivity contribution in [3.8, 4) is 0 Å². The minimum atomic E-state index is -1.07. The number of thiocarbonyl (C=S) groups is 1. The Balaban J connectivity index is 1.53. The minimum Gasteiger partial charge on any atom is -0.477 e. The number of aromatic nitrogens is 2. The number of aromatic carboxylic acids is 2. The van der Waals surface area contributed by atoms with Gasteiger partial charge < -0.3 is 29.2 Å². The maximum atomic E-state index is 11.7. The molecule has 0 amide bonds. The number of carboxylic acid groups (broad SMARTS) is 2. The van der Waals surface area contributed by atoms with Gasteiger partial charge in [0, 0.05) is 45.8 Å². The lowest BCUT2D eigenvalue weighted by Crippen LogP contribution is -2.33. The van der Waals surface area contributed by atoms with Gasteiger partial charge in [-0.05, 0) is 54.9 Å². The number of rotatable bonds is 10. The zero-order chi connectivity index (χ0) is 31.4. The van der Waals surface area contributed by atoms with Crippen LogP contribution in [-0.4, -0.2) is 133 Å². The summed E-state index contributed by atoms with van der Waals surface area (Å²) in [5.41, 5.74) is 2.26. The number of nitrogens with zero attached hydrogens (tertiary/aromatic N) is 5. The highest BCUT2D eigenvalue weighted by atomic mass is 32.1. The molecule has 1 saturated heterocycles. The molecule has 3 rings (SSSR count). The van der Waals surface area contributed by atoms with Crippen LogP contribution in [0.25, 0.3) is 0 Å². The first kappa shape index (κ1) is 35.3. The molecule has 3 heterocycles. The maximum absolute atomic E-state index is 11.7. The SMILES string of the molecule is O=C(O)c1cccc(CN2CCOCCOCCN(Cc3cc(CCCN=C=S)cc(C(=O)O)n3)CCOCCOCC2)n1. The average molecular weight is 632 g/mol. The van der Waals surface area contributed by atoms with Crippen LogP contribution in [0, 0.1) is 0 Å². The molecular formula is C30H41N5O8S. The van der Waals surface area contributed by atoms with Gasteiger partial charge in [-0.25, -0.2) is 24.5 Å². The summed E-state index contributed by atoms with van der Waals surface area (Å²) in [7, 11) is 0. The van der Waals surface area contributed by atoms with Gasteiger partial charge in [0.2, 0.25) is 0 Å². The monoisotopic (exact) mass is 631 g/mol. The van der Waals surface area contributed by atoms with Crippen molar-refractivity contribution in [2.45, 2.75) is 25.9 Å². The molecule has 0 atom stereocenters. The standard InChI is InChI=1S/C30H41N5O8S/c36-29(37)27-5-1-4-25(32-27)21-34-7-11-40-15-17-42-13-9-35(10-14-43-18-16-41-12-8-34)22-26-19-24(3-2-6-31-23-44)20-28(33-26)30(38)39/h1,4-5,19-20H,2-3,6-18,21-22H2,(H,36,37)(H,38,39). The third kappa shape index (κ3) is 14.1. The third-order valence-electron chi connectivity index (χ3n) is 6.71. The van der Waals surface area contributed by atoms with E-state index in [1.54, 1.807) is 12.1 Å². The molecule has 0 spiro atoms. The van der Waals surface area contributed by atoms with Crippen molar-refractivity contribution in [1.82, 2.24) is 19.8 Å². The Bertz CT molecular complexity index is 1210. The smallest absolute Gasteiger partial charge is 0.354 e. The van der Waals surface area contributed by atoms with Crippen LogP contribution in [0.5, 0.6) is 0 Å². The van der Waals surface area contributed by atoms with E-state index in [2.05, 4.69) is 42.1 Å². The van der Waals surface area contributed by atoms with Crippen LogP contribution in [0.4, 0.5) is 0 Å². The molecule has 2 aromatic rings. The number of isothiocyanates is 1. The molecular weight excluding hydrogens is 590 g/mol. The largest absolute Gasteiger partial charge is 0.477 e.